The monoisotopic (exact) mass is 431 g/mol. The number of aryl methyl sites for hydroxylation is 1. The molecule has 3 heterocycles. The van der Waals surface area contributed by atoms with E-state index < -0.39 is 5.97 Å². The highest BCUT2D eigenvalue weighted by molar-refractivity contribution is 7.17. The minimum atomic E-state index is -0.963. The van der Waals surface area contributed by atoms with E-state index in [1.807, 2.05) is 6.20 Å². The van der Waals surface area contributed by atoms with Crippen LogP contribution in [0.5, 0.6) is 10.8 Å². The summed E-state index contributed by atoms with van der Waals surface area (Å²) in [6, 6.07) is 3.20. The van der Waals surface area contributed by atoms with Crippen LogP contribution in [0.3, 0.4) is 0 Å². The lowest BCUT2D eigenvalue weighted by Crippen LogP contribution is -2.27. The van der Waals surface area contributed by atoms with Gasteiger partial charge in [0.15, 0.2) is 5.06 Å². The van der Waals surface area contributed by atoms with Gasteiger partial charge in [0.1, 0.15) is 16.3 Å². The SMILES string of the molecule is COCCNC(=O)c1ccc(Oc2sc(C(=O)O)c3c2-c2sncc2CC3)cn1. The molecule has 3 aromatic rings. The van der Waals surface area contributed by atoms with E-state index in [1.165, 1.54) is 17.7 Å². The quantitative estimate of drug-likeness (QED) is 0.553. The summed E-state index contributed by atoms with van der Waals surface area (Å²) in [6.45, 7) is 0.813. The van der Waals surface area contributed by atoms with Crippen molar-refractivity contribution in [2.75, 3.05) is 20.3 Å². The summed E-state index contributed by atoms with van der Waals surface area (Å²) in [7, 11) is 1.56. The van der Waals surface area contributed by atoms with Crippen molar-refractivity contribution in [3.63, 3.8) is 0 Å². The Balaban J connectivity index is 1.59. The van der Waals surface area contributed by atoms with Crippen molar-refractivity contribution in [1.82, 2.24) is 14.7 Å². The first kappa shape index (κ1) is 19.5. The van der Waals surface area contributed by atoms with Crippen LogP contribution in [0.4, 0.5) is 0 Å². The Labute approximate surface area is 174 Å². The van der Waals surface area contributed by atoms with E-state index in [0.29, 0.717) is 30.4 Å². The molecule has 3 aromatic heterocycles. The maximum atomic E-state index is 12.0. The molecule has 1 amide bonds. The molecule has 0 spiro atoms. The molecule has 0 bridgehead atoms. The third-order valence-electron chi connectivity index (χ3n) is 4.46. The van der Waals surface area contributed by atoms with Gasteiger partial charge in [-0.1, -0.05) is 11.3 Å². The molecule has 29 heavy (non-hydrogen) atoms. The highest BCUT2D eigenvalue weighted by atomic mass is 32.1. The summed E-state index contributed by atoms with van der Waals surface area (Å²) in [4.78, 5) is 29.1. The zero-order valence-corrected chi connectivity index (χ0v) is 17.1. The molecule has 0 aromatic carbocycles. The Kier molecular flexibility index (Phi) is 5.56. The first-order chi connectivity index (χ1) is 14.1. The fourth-order valence-corrected chi connectivity index (χ4v) is 5.09. The number of carbonyl (C=O) groups excluding carboxylic acids is 1. The van der Waals surface area contributed by atoms with E-state index in [4.69, 9.17) is 9.47 Å². The minimum Gasteiger partial charge on any atom is -0.477 e. The standard InChI is InChI=1S/C19H17N3O5S2/c1-26-7-6-20-17(23)13-5-3-11(9-21-13)27-19-14-12(16(28-19)18(24)25)4-2-10-8-22-29-15(10)14/h3,5,8-9H,2,4,6-7H2,1H3,(H,20,23)(H,24,25). The highest BCUT2D eigenvalue weighted by Crippen LogP contribution is 2.49. The molecule has 0 aliphatic heterocycles. The zero-order chi connectivity index (χ0) is 20.4. The lowest BCUT2D eigenvalue weighted by Gasteiger charge is -2.13. The normalized spacial score (nSPS) is 12.2. The van der Waals surface area contributed by atoms with Crippen molar-refractivity contribution in [2.45, 2.75) is 12.8 Å². The largest absolute Gasteiger partial charge is 0.477 e. The van der Waals surface area contributed by atoms with Gasteiger partial charge in [-0.2, -0.15) is 0 Å². The van der Waals surface area contributed by atoms with Crippen LogP contribution in [0.25, 0.3) is 10.4 Å². The predicted molar refractivity (Wildman–Crippen MR) is 108 cm³/mol. The van der Waals surface area contributed by atoms with E-state index in [0.717, 1.165) is 39.3 Å². The van der Waals surface area contributed by atoms with Gasteiger partial charge in [0.05, 0.1) is 23.2 Å². The van der Waals surface area contributed by atoms with Gasteiger partial charge in [0, 0.05) is 19.9 Å². The van der Waals surface area contributed by atoms with E-state index in [9.17, 15) is 14.7 Å². The maximum Gasteiger partial charge on any atom is 0.346 e. The third-order valence-corrected chi connectivity index (χ3v) is 6.41. The second kappa shape index (κ2) is 8.27. The Morgan fingerprint density at radius 2 is 2.14 bits per heavy atom. The van der Waals surface area contributed by atoms with E-state index in [2.05, 4.69) is 14.7 Å². The smallest absolute Gasteiger partial charge is 0.346 e. The van der Waals surface area contributed by atoms with Crippen molar-refractivity contribution in [3.05, 3.63) is 46.2 Å². The number of hydrogen-bond donors (Lipinski definition) is 2. The average molecular weight is 431 g/mol. The minimum absolute atomic E-state index is 0.262. The number of nitrogens with zero attached hydrogens (tertiary/aromatic N) is 2. The molecule has 1 aliphatic rings. The number of carboxylic acids is 1. The van der Waals surface area contributed by atoms with Crippen LogP contribution in [-0.4, -0.2) is 46.6 Å². The predicted octanol–water partition coefficient (Wildman–Crippen LogP) is 3.23. The number of hydrogen-bond acceptors (Lipinski definition) is 8. The number of rotatable bonds is 7. The lowest BCUT2D eigenvalue weighted by molar-refractivity contribution is 0.0700. The molecule has 1 aliphatic carbocycles. The fourth-order valence-electron chi connectivity index (χ4n) is 3.10. The summed E-state index contributed by atoms with van der Waals surface area (Å²) in [5, 5.41) is 12.8. The summed E-state index contributed by atoms with van der Waals surface area (Å²) in [6.07, 6.45) is 4.68. The number of nitrogens with one attached hydrogen (secondary N) is 1. The molecule has 10 heteroatoms. The topological polar surface area (TPSA) is 111 Å². The van der Waals surface area contributed by atoms with Crippen LogP contribution >= 0.6 is 22.9 Å². The number of pyridine rings is 1. The summed E-state index contributed by atoms with van der Waals surface area (Å²) in [5.74, 6) is -0.837. The molecule has 0 saturated heterocycles. The van der Waals surface area contributed by atoms with Gasteiger partial charge in [-0.05, 0) is 47.6 Å². The zero-order valence-electron chi connectivity index (χ0n) is 15.4. The number of carboxylic acid groups (broad SMARTS) is 1. The molecule has 0 fully saturated rings. The van der Waals surface area contributed by atoms with Gasteiger partial charge in [0.2, 0.25) is 0 Å². The molecule has 4 rings (SSSR count). The van der Waals surface area contributed by atoms with Gasteiger partial charge in [-0.25, -0.2) is 14.2 Å². The summed E-state index contributed by atoms with van der Waals surface area (Å²) in [5.41, 5.74) is 2.95. The van der Waals surface area contributed by atoms with Crippen molar-refractivity contribution >= 4 is 34.7 Å². The second-order valence-electron chi connectivity index (χ2n) is 6.29. The molecule has 0 atom stereocenters. The molecule has 0 unspecified atom stereocenters. The van der Waals surface area contributed by atoms with Crippen LogP contribution in [0.2, 0.25) is 0 Å². The second-order valence-corrected chi connectivity index (χ2v) is 8.07. The Hall–Kier alpha value is -2.82. The number of methoxy groups -OCH3 is 1. The Morgan fingerprint density at radius 1 is 1.28 bits per heavy atom. The molecule has 0 radical (unpaired) electrons. The number of aromatic carboxylic acids is 1. The van der Waals surface area contributed by atoms with Crippen LogP contribution in [0.1, 0.15) is 31.3 Å². The molecule has 8 nitrogen and oxygen atoms in total. The fraction of sp³-hybridized carbons (Fsp3) is 0.263. The van der Waals surface area contributed by atoms with Gasteiger partial charge in [-0.15, -0.1) is 0 Å². The number of thiophene rings is 1. The van der Waals surface area contributed by atoms with Gasteiger partial charge >= 0.3 is 5.97 Å². The van der Waals surface area contributed by atoms with Crippen molar-refractivity contribution in [2.24, 2.45) is 0 Å². The highest BCUT2D eigenvalue weighted by Gasteiger charge is 2.30. The molecular formula is C19H17N3O5S2. The van der Waals surface area contributed by atoms with Crippen molar-refractivity contribution in [3.8, 4) is 21.3 Å². The number of carbonyl (C=O) groups is 2. The van der Waals surface area contributed by atoms with Crippen LogP contribution in [0.15, 0.2) is 24.5 Å². The van der Waals surface area contributed by atoms with E-state index >= 15 is 0 Å². The molecular weight excluding hydrogens is 414 g/mol. The molecule has 0 saturated carbocycles. The maximum absolute atomic E-state index is 12.0. The first-order valence-electron chi connectivity index (χ1n) is 8.82. The van der Waals surface area contributed by atoms with Crippen LogP contribution in [0, 0.1) is 0 Å². The number of aromatic nitrogens is 2. The Bertz CT molecular complexity index is 1060. The summed E-state index contributed by atoms with van der Waals surface area (Å²) >= 11 is 2.44. The van der Waals surface area contributed by atoms with Crippen LogP contribution in [-0.2, 0) is 17.6 Å². The number of ether oxygens (including phenoxy) is 2. The Morgan fingerprint density at radius 3 is 2.86 bits per heavy atom. The number of amides is 1. The lowest BCUT2D eigenvalue weighted by atomic mass is 9.93. The average Bonchev–Trinajstić information content (AvgIpc) is 3.33. The van der Waals surface area contributed by atoms with Crippen molar-refractivity contribution in [1.29, 1.82) is 0 Å². The number of fused-ring (bicyclic) bond motifs is 3. The van der Waals surface area contributed by atoms with Crippen molar-refractivity contribution < 1.29 is 24.2 Å². The van der Waals surface area contributed by atoms with E-state index in [-0.39, 0.29) is 16.5 Å². The third kappa shape index (κ3) is 3.86. The summed E-state index contributed by atoms with van der Waals surface area (Å²) < 4.78 is 15.1. The first-order valence-corrected chi connectivity index (χ1v) is 10.4. The molecule has 150 valence electrons. The van der Waals surface area contributed by atoms with Gasteiger partial charge < -0.3 is 19.9 Å². The molecule has 2 N–H and O–H groups in total. The van der Waals surface area contributed by atoms with Gasteiger partial charge in [-0.3, -0.25) is 4.79 Å². The van der Waals surface area contributed by atoms with Gasteiger partial charge in [0.25, 0.3) is 5.91 Å². The van der Waals surface area contributed by atoms with E-state index in [1.54, 1.807) is 19.2 Å². The van der Waals surface area contributed by atoms with Crippen LogP contribution < -0.4 is 10.1 Å².